The summed E-state index contributed by atoms with van der Waals surface area (Å²) >= 11 is 0. The van der Waals surface area contributed by atoms with E-state index in [1.807, 2.05) is 31.2 Å². The van der Waals surface area contributed by atoms with Crippen LogP contribution < -0.4 is 19.8 Å². The van der Waals surface area contributed by atoms with Gasteiger partial charge in [0.1, 0.15) is 6.61 Å². The highest BCUT2D eigenvalue weighted by atomic mass is 19.4. The van der Waals surface area contributed by atoms with Crippen molar-refractivity contribution in [3.63, 3.8) is 0 Å². The number of halogens is 3. The van der Waals surface area contributed by atoms with Crippen molar-refractivity contribution in [2.75, 3.05) is 14.2 Å². The Kier molecular flexibility index (Phi) is 7.97. The molecule has 5 rings (SSSR count). The number of nitrogens with zero attached hydrogens (tertiary/aromatic N) is 3. The minimum absolute atomic E-state index is 0.0435. The summed E-state index contributed by atoms with van der Waals surface area (Å²) in [5.41, 5.74) is 1.59. The van der Waals surface area contributed by atoms with Crippen molar-refractivity contribution in [2.45, 2.75) is 19.7 Å². The molecule has 0 saturated heterocycles. The summed E-state index contributed by atoms with van der Waals surface area (Å²) in [5.74, 6) is 1.07. The van der Waals surface area contributed by atoms with Crippen molar-refractivity contribution in [1.29, 1.82) is 0 Å². The van der Waals surface area contributed by atoms with Gasteiger partial charge in [-0.2, -0.15) is 22.9 Å². The molecule has 5 aromatic rings. The van der Waals surface area contributed by atoms with Gasteiger partial charge in [-0.05, 0) is 48.9 Å². The number of rotatable bonds is 8. The predicted molar refractivity (Wildman–Crippen MR) is 154 cm³/mol. The van der Waals surface area contributed by atoms with E-state index in [-0.39, 0.29) is 23.4 Å². The number of methoxy groups -OCH3 is 2. The van der Waals surface area contributed by atoms with E-state index in [1.165, 1.54) is 32.6 Å². The molecule has 0 saturated carbocycles. The lowest BCUT2D eigenvalue weighted by atomic mass is 10.1. The number of ether oxygens (including phenoxy) is 3. The minimum Gasteiger partial charge on any atom is -0.493 e. The average Bonchev–Trinajstić information content (AvgIpc) is 2.99. The number of aromatic nitrogens is 2. The van der Waals surface area contributed by atoms with Crippen LogP contribution in [-0.2, 0) is 12.8 Å². The van der Waals surface area contributed by atoms with Crippen molar-refractivity contribution in [3.8, 4) is 28.6 Å². The topological polar surface area (TPSA) is 74.9 Å². The lowest BCUT2D eigenvalue weighted by Gasteiger charge is -2.15. The Morgan fingerprint density at radius 1 is 0.905 bits per heavy atom. The van der Waals surface area contributed by atoms with Crippen LogP contribution in [0, 0.1) is 6.92 Å². The number of hydrogen-bond donors (Lipinski definition) is 0. The van der Waals surface area contributed by atoms with Crippen LogP contribution in [0.25, 0.3) is 22.3 Å². The predicted octanol–water partition coefficient (Wildman–Crippen LogP) is 6.87. The monoisotopic (exact) mass is 573 g/mol. The third kappa shape index (κ3) is 5.97. The Bertz CT molecular complexity index is 1810. The van der Waals surface area contributed by atoms with E-state index >= 15 is 0 Å². The van der Waals surface area contributed by atoms with Gasteiger partial charge in [-0.25, -0.2) is 4.98 Å². The average molecular weight is 574 g/mol. The van der Waals surface area contributed by atoms with E-state index in [9.17, 15) is 18.0 Å². The zero-order valence-corrected chi connectivity index (χ0v) is 23.0. The fourth-order valence-corrected chi connectivity index (χ4v) is 4.33. The number of para-hydroxylation sites is 1. The van der Waals surface area contributed by atoms with Crippen LogP contribution in [0.1, 0.15) is 22.3 Å². The molecule has 1 aromatic heterocycles. The zero-order chi connectivity index (χ0) is 29.9. The molecule has 0 unspecified atom stereocenters. The molecule has 0 aliphatic carbocycles. The summed E-state index contributed by atoms with van der Waals surface area (Å²) in [7, 11) is 2.97. The maximum atomic E-state index is 13.5. The van der Waals surface area contributed by atoms with Crippen LogP contribution in [0.3, 0.4) is 0 Å². The van der Waals surface area contributed by atoms with E-state index in [4.69, 9.17) is 14.2 Å². The summed E-state index contributed by atoms with van der Waals surface area (Å²) in [6.07, 6.45) is -3.19. The van der Waals surface area contributed by atoms with E-state index in [0.717, 1.165) is 27.9 Å². The normalized spacial score (nSPS) is 11.7. The number of fused-ring (bicyclic) bond motifs is 1. The van der Waals surface area contributed by atoms with Crippen molar-refractivity contribution in [2.24, 2.45) is 5.10 Å². The molecule has 0 amide bonds. The van der Waals surface area contributed by atoms with Crippen LogP contribution in [-0.4, -0.2) is 30.1 Å². The molecule has 1 heterocycles. The first-order valence-corrected chi connectivity index (χ1v) is 12.9. The van der Waals surface area contributed by atoms with Crippen LogP contribution in [0.4, 0.5) is 13.2 Å². The molecule has 0 bridgehead atoms. The van der Waals surface area contributed by atoms with Gasteiger partial charge in [-0.15, -0.1) is 0 Å². The van der Waals surface area contributed by atoms with E-state index < -0.39 is 17.3 Å². The lowest BCUT2D eigenvalue weighted by Crippen LogP contribution is -2.20. The molecule has 0 fully saturated rings. The lowest BCUT2D eigenvalue weighted by molar-refractivity contribution is -0.137. The van der Waals surface area contributed by atoms with Gasteiger partial charge in [0.25, 0.3) is 5.56 Å². The van der Waals surface area contributed by atoms with Gasteiger partial charge in [0.05, 0.1) is 36.9 Å². The molecule has 214 valence electrons. The van der Waals surface area contributed by atoms with Gasteiger partial charge in [0.15, 0.2) is 17.3 Å². The molecule has 0 atom stereocenters. The zero-order valence-electron chi connectivity index (χ0n) is 23.0. The number of aryl methyl sites for hydroxylation is 1. The van der Waals surface area contributed by atoms with Gasteiger partial charge < -0.3 is 14.2 Å². The minimum atomic E-state index is -4.57. The molecule has 0 spiro atoms. The summed E-state index contributed by atoms with van der Waals surface area (Å²) in [4.78, 5) is 18.0. The first-order chi connectivity index (χ1) is 20.2. The molecule has 0 aliphatic heterocycles. The van der Waals surface area contributed by atoms with E-state index in [1.54, 1.807) is 36.4 Å². The number of benzene rings is 4. The molecule has 0 N–H and O–H groups in total. The van der Waals surface area contributed by atoms with Gasteiger partial charge in [-0.3, -0.25) is 4.79 Å². The number of alkyl halides is 3. The smallest absolute Gasteiger partial charge is 0.416 e. The summed E-state index contributed by atoms with van der Waals surface area (Å²) in [6.45, 7) is 2.28. The molecule has 42 heavy (non-hydrogen) atoms. The Morgan fingerprint density at radius 2 is 1.60 bits per heavy atom. The van der Waals surface area contributed by atoms with Gasteiger partial charge in [-0.1, -0.05) is 54.1 Å². The van der Waals surface area contributed by atoms with Crippen molar-refractivity contribution >= 4 is 17.1 Å². The highest BCUT2D eigenvalue weighted by Gasteiger charge is 2.31. The Morgan fingerprint density at radius 3 is 2.26 bits per heavy atom. The second kappa shape index (κ2) is 11.8. The van der Waals surface area contributed by atoms with Crippen molar-refractivity contribution in [3.05, 3.63) is 118 Å². The van der Waals surface area contributed by atoms with Crippen LogP contribution in [0.2, 0.25) is 0 Å². The molecule has 0 aliphatic rings. The Balaban J connectivity index is 1.56. The fourth-order valence-electron chi connectivity index (χ4n) is 4.33. The van der Waals surface area contributed by atoms with Gasteiger partial charge in [0, 0.05) is 11.1 Å². The van der Waals surface area contributed by atoms with Gasteiger partial charge >= 0.3 is 6.18 Å². The summed E-state index contributed by atoms with van der Waals surface area (Å²) in [6, 6.07) is 22.4. The summed E-state index contributed by atoms with van der Waals surface area (Å²) in [5, 5.41) is 4.62. The fraction of sp³-hybridized carbons (Fsp3) is 0.156. The molecule has 10 heteroatoms. The standard InChI is InChI=1S/C32H26F3N3O4/c1-20-11-13-21(14-12-20)19-42-29-27(40-2)15-22(16-28(29)41-3)18-36-38-30(23-7-6-8-24(17-23)32(33,34)35)37-26-10-5-4-9-25(26)31(38)39/h4-18H,19H2,1-3H3. The molecular formula is C32H26F3N3O4. The second-order valence-corrected chi connectivity index (χ2v) is 9.42. The second-order valence-electron chi connectivity index (χ2n) is 9.42. The highest BCUT2D eigenvalue weighted by Crippen LogP contribution is 2.39. The molecule has 7 nitrogen and oxygen atoms in total. The maximum absolute atomic E-state index is 13.5. The van der Waals surface area contributed by atoms with E-state index in [0.29, 0.717) is 28.3 Å². The molecule has 0 radical (unpaired) electrons. The Labute approximate surface area is 239 Å². The van der Waals surface area contributed by atoms with Gasteiger partial charge in [0.2, 0.25) is 5.75 Å². The third-order valence-corrected chi connectivity index (χ3v) is 6.51. The quantitative estimate of drug-likeness (QED) is 0.190. The Hall–Kier alpha value is -5.12. The third-order valence-electron chi connectivity index (χ3n) is 6.51. The van der Waals surface area contributed by atoms with E-state index in [2.05, 4.69) is 10.1 Å². The van der Waals surface area contributed by atoms with Crippen LogP contribution >= 0.6 is 0 Å². The first-order valence-electron chi connectivity index (χ1n) is 12.9. The number of hydrogen-bond acceptors (Lipinski definition) is 6. The van der Waals surface area contributed by atoms with Crippen LogP contribution in [0.5, 0.6) is 17.2 Å². The maximum Gasteiger partial charge on any atom is 0.416 e. The highest BCUT2D eigenvalue weighted by molar-refractivity contribution is 5.84. The summed E-state index contributed by atoms with van der Waals surface area (Å²) < 4.78 is 58.5. The first kappa shape index (κ1) is 28.4. The van der Waals surface area contributed by atoms with Crippen molar-refractivity contribution in [1.82, 2.24) is 9.66 Å². The van der Waals surface area contributed by atoms with Crippen molar-refractivity contribution < 1.29 is 27.4 Å². The van der Waals surface area contributed by atoms with Crippen LogP contribution in [0.15, 0.2) is 94.8 Å². The SMILES string of the molecule is COc1cc(C=Nn2c(-c3cccc(C(F)(F)F)c3)nc3ccccc3c2=O)cc(OC)c1OCc1ccc(C)cc1. The largest absolute Gasteiger partial charge is 0.493 e. The molecular weight excluding hydrogens is 547 g/mol. The molecule has 4 aromatic carbocycles.